The van der Waals surface area contributed by atoms with Crippen molar-refractivity contribution in [1.82, 2.24) is 14.9 Å². The van der Waals surface area contributed by atoms with Gasteiger partial charge in [0.05, 0.1) is 12.6 Å². The molecule has 16 heavy (non-hydrogen) atoms. The van der Waals surface area contributed by atoms with Crippen molar-refractivity contribution in [3.05, 3.63) is 22.5 Å². The average Bonchev–Trinajstić information content (AvgIpc) is 2.66. The van der Waals surface area contributed by atoms with Crippen molar-refractivity contribution < 1.29 is 10.0 Å². The third-order valence-electron chi connectivity index (χ3n) is 2.07. The second kappa shape index (κ2) is 6.19. The van der Waals surface area contributed by atoms with Crippen LogP contribution in [0.5, 0.6) is 0 Å². The zero-order chi connectivity index (χ0) is 12.0. The summed E-state index contributed by atoms with van der Waals surface area (Å²) in [6.45, 7) is 3.44. The summed E-state index contributed by atoms with van der Waals surface area (Å²) in [5, 5.41) is 23.2. The molecule has 1 rings (SSSR count). The van der Waals surface area contributed by atoms with Crippen LogP contribution in [-0.2, 0) is 6.54 Å². The zero-order valence-electron chi connectivity index (χ0n) is 9.17. The molecule has 0 spiro atoms. The number of hydrogen-bond acceptors (Lipinski definition) is 5. The Morgan fingerprint density at radius 3 is 3.12 bits per heavy atom. The third kappa shape index (κ3) is 3.59. The molecule has 0 aromatic carbocycles. The van der Waals surface area contributed by atoms with Gasteiger partial charge in [0.15, 0.2) is 0 Å². The smallest absolute Gasteiger partial charge is 0.390 e. The molecule has 0 amide bonds. The lowest BCUT2D eigenvalue weighted by molar-refractivity contribution is -0.397. The molecule has 1 atom stereocenters. The number of nitrogens with one attached hydrogen (secondary N) is 1. The van der Waals surface area contributed by atoms with Crippen molar-refractivity contribution >= 4 is 5.95 Å². The fourth-order valence-electron chi connectivity index (χ4n) is 1.35. The first kappa shape index (κ1) is 12.6. The first-order chi connectivity index (χ1) is 7.65. The van der Waals surface area contributed by atoms with E-state index in [-0.39, 0.29) is 12.5 Å². The molecule has 2 N–H and O–H groups in total. The Balaban J connectivity index is 2.46. The quantitative estimate of drug-likeness (QED) is 0.393. The largest absolute Gasteiger partial charge is 0.434 e. The number of nitrogens with zero attached hydrogens (tertiary/aromatic N) is 3. The van der Waals surface area contributed by atoms with Gasteiger partial charge in [-0.2, -0.15) is 0 Å². The van der Waals surface area contributed by atoms with Gasteiger partial charge < -0.3 is 20.5 Å². The summed E-state index contributed by atoms with van der Waals surface area (Å²) in [5.74, 6) is -0.241. The van der Waals surface area contributed by atoms with E-state index < -0.39 is 11.0 Å². The van der Waals surface area contributed by atoms with E-state index in [9.17, 15) is 15.2 Å². The Morgan fingerprint density at radius 1 is 1.75 bits per heavy atom. The van der Waals surface area contributed by atoms with Crippen LogP contribution < -0.4 is 5.32 Å². The Hall–Kier alpha value is -1.47. The molecule has 0 bridgehead atoms. The Bertz CT molecular complexity index is 339. The van der Waals surface area contributed by atoms with E-state index in [1.807, 2.05) is 6.92 Å². The molecule has 1 aromatic rings. The highest BCUT2D eigenvalue weighted by molar-refractivity contribution is 5.06. The zero-order valence-corrected chi connectivity index (χ0v) is 9.17. The number of aliphatic hydroxyl groups is 1. The van der Waals surface area contributed by atoms with E-state index >= 15 is 0 Å². The first-order valence-electron chi connectivity index (χ1n) is 5.19. The summed E-state index contributed by atoms with van der Waals surface area (Å²) in [4.78, 5) is 13.6. The van der Waals surface area contributed by atoms with Crippen molar-refractivity contribution in [2.45, 2.75) is 26.0 Å². The lowest BCUT2D eigenvalue weighted by atomic mass is 10.3. The number of aliphatic hydroxyl groups excluding tert-OH is 1. The van der Waals surface area contributed by atoms with Gasteiger partial charge in [0, 0.05) is 6.54 Å². The van der Waals surface area contributed by atoms with Crippen LogP contribution >= 0.6 is 0 Å². The lowest BCUT2D eigenvalue weighted by Gasteiger charge is -2.10. The van der Waals surface area contributed by atoms with Gasteiger partial charge in [0.2, 0.25) is 0 Å². The van der Waals surface area contributed by atoms with Gasteiger partial charge in [0.1, 0.15) is 12.4 Å². The van der Waals surface area contributed by atoms with E-state index in [1.165, 1.54) is 17.0 Å². The minimum atomic E-state index is -0.653. The molecule has 7 heteroatoms. The van der Waals surface area contributed by atoms with E-state index in [2.05, 4.69) is 10.3 Å². The van der Waals surface area contributed by atoms with Gasteiger partial charge in [-0.25, -0.2) is 4.57 Å². The van der Waals surface area contributed by atoms with Crippen LogP contribution in [-0.4, -0.2) is 38.8 Å². The lowest BCUT2D eigenvalue weighted by Crippen LogP contribution is -2.30. The van der Waals surface area contributed by atoms with Crippen LogP contribution in [0.3, 0.4) is 0 Å². The number of imidazole rings is 1. The molecule has 0 radical (unpaired) electrons. The normalized spacial score (nSPS) is 12.6. The molecule has 1 aromatic heterocycles. The average molecular weight is 228 g/mol. The second-order valence-electron chi connectivity index (χ2n) is 3.49. The highest BCUT2D eigenvalue weighted by Gasteiger charge is 2.16. The summed E-state index contributed by atoms with van der Waals surface area (Å²) in [7, 11) is 0. The van der Waals surface area contributed by atoms with Crippen LogP contribution in [0.25, 0.3) is 0 Å². The standard InChI is InChI=1S/C9H16N4O3/c1-2-3-10-6-8(14)7-12-5-4-11-9(12)13(15)16/h4-5,8,10,14H,2-3,6-7H2,1H3/t8-/m1/s1. The van der Waals surface area contributed by atoms with Gasteiger partial charge in [-0.05, 0) is 17.9 Å². The SMILES string of the molecule is CCCNC[C@@H](O)Cn1ccnc1[N+](=O)[O-]. The first-order valence-corrected chi connectivity index (χ1v) is 5.19. The molecule has 0 aliphatic carbocycles. The Labute approximate surface area is 93.3 Å². The summed E-state index contributed by atoms with van der Waals surface area (Å²) >= 11 is 0. The summed E-state index contributed by atoms with van der Waals surface area (Å²) in [5.41, 5.74) is 0. The molecule has 0 fully saturated rings. The fourth-order valence-corrected chi connectivity index (χ4v) is 1.35. The maximum absolute atomic E-state index is 10.5. The van der Waals surface area contributed by atoms with E-state index in [0.717, 1.165) is 13.0 Å². The maximum Gasteiger partial charge on any atom is 0.434 e. The van der Waals surface area contributed by atoms with Crippen molar-refractivity contribution in [1.29, 1.82) is 0 Å². The third-order valence-corrected chi connectivity index (χ3v) is 2.07. The van der Waals surface area contributed by atoms with Crippen LogP contribution in [0.15, 0.2) is 12.4 Å². The van der Waals surface area contributed by atoms with Crippen molar-refractivity contribution in [3.8, 4) is 0 Å². The van der Waals surface area contributed by atoms with Crippen LogP contribution in [0.4, 0.5) is 5.95 Å². The predicted octanol–water partition coefficient (Wildman–Crippen LogP) is 0.152. The fraction of sp³-hybridized carbons (Fsp3) is 0.667. The molecular formula is C9H16N4O3. The van der Waals surface area contributed by atoms with Gasteiger partial charge in [-0.15, -0.1) is 0 Å². The molecule has 7 nitrogen and oxygen atoms in total. The van der Waals surface area contributed by atoms with Gasteiger partial charge >= 0.3 is 5.95 Å². The van der Waals surface area contributed by atoms with Crippen LogP contribution in [0, 0.1) is 10.1 Å². The number of nitro groups is 1. The number of rotatable bonds is 7. The van der Waals surface area contributed by atoms with Crippen molar-refractivity contribution in [2.75, 3.05) is 13.1 Å². The molecule has 0 aliphatic heterocycles. The van der Waals surface area contributed by atoms with E-state index in [4.69, 9.17) is 0 Å². The van der Waals surface area contributed by atoms with Crippen molar-refractivity contribution in [3.63, 3.8) is 0 Å². The van der Waals surface area contributed by atoms with E-state index in [0.29, 0.717) is 6.54 Å². The minimum absolute atomic E-state index is 0.174. The van der Waals surface area contributed by atoms with Crippen LogP contribution in [0.1, 0.15) is 13.3 Å². The highest BCUT2D eigenvalue weighted by atomic mass is 16.6. The van der Waals surface area contributed by atoms with E-state index in [1.54, 1.807) is 0 Å². The maximum atomic E-state index is 10.5. The van der Waals surface area contributed by atoms with Gasteiger partial charge in [0.25, 0.3) is 0 Å². The molecule has 0 unspecified atom stereocenters. The summed E-state index contributed by atoms with van der Waals surface area (Å²) in [6, 6.07) is 0. The summed E-state index contributed by atoms with van der Waals surface area (Å²) in [6.07, 6.45) is 3.17. The minimum Gasteiger partial charge on any atom is -0.390 e. The highest BCUT2D eigenvalue weighted by Crippen LogP contribution is 2.07. The summed E-state index contributed by atoms with van der Waals surface area (Å²) < 4.78 is 1.33. The van der Waals surface area contributed by atoms with Gasteiger partial charge in [-0.3, -0.25) is 0 Å². The molecule has 1 heterocycles. The van der Waals surface area contributed by atoms with Crippen LogP contribution in [0.2, 0.25) is 0 Å². The molecule has 90 valence electrons. The Kier molecular flexibility index (Phi) is 4.87. The van der Waals surface area contributed by atoms with Gasteiger partial charge in [-0.1, -0.05) is 11.9 Å². The monoisotopic (exact) mass is 228 g/mol. The number of hydrogen-bond donors (Lipinski definition) is 2. The predicted molar refractivity (Wildman–Crippen MR) is 58.0 cm³/mol. The second-order valence-corrected chi connectivity index (χ2v) is 3.49. The number of aromatic nitrogens is 2. The topological polar surface area (TPSA) is 93.2 Å². The molecule has 0 aliphatic rings. The molecule has 0 saturated heterocycles. The molecule has 0 saturated carbocycles. The Morgan fingerprint density at radius 2 is 2.50 bits per heavy atom. The van der Waals surface area contributed by atoms with Crippen molar-refractivity contribution in [2.24, 2.45) is 0 Å². The molecular weight excluding hydrogens is 212 g/mol.